The van der Waals surface area contributed by atoms with E-state index < -0.39 is 5.60 Å². The van der Waals surface area contributed by atoms with Crippen molar-refractivity contribution < 1.29 is 14.6 Å². The van der Waals surface area contributed by atoms with Crippen LogP contribution in [0.4, 0.5) is 0 Å². The van der Waals surface area contributed by atoms with E-state index in [0.717, 1.165) is 17.7 Å². The quantitative estimate of drug-likeness (QED) is 0.572. The third kappa shape index (κ3) is 3.51. The molecular weight excluding hydrogens is 282 g/mol. The van der Waals surface area contributed by atoms with E-state index in [1.54, 1.807) is 0 Å². The molecule has 0 aliphatic carbocycles. The number of hydrogen-bond acceptors (Lipinski definition) is 4. The molecule has 1 atom stereocenters. The number of nitrogens with two attached hydrogens (primary N) is 1. The van der Waals surface area contributed by atoms with Crippen LogP contribution in [0.2, 0.25) is 0 Å². The summed E-state index contributed by atoms with van der Waals surface area (Å²) in [5.41, 5.74) is 6.29. The fraction of sp³-hybridized carbons (Fsp3) is 0.562. The Labute approximate surface area is 130 Å². The summed E-state index contributed by atoms with van der Waals surface area (Å²) in [5, 5.41) is 13.6. The van der Waals surface area contributed by atoms with Crippen molar-refractivity contribution in [3.8, 4) is 5.75 Å². The lowest BCUT2D eigenvalue weighted by Gasteiger charge is -2.31. The van der Waals surface area contributed by atoms with Gasteiger partial charge < -0.3 is 25.6 Å². The second-order valence-corrected chi connectivity index (χ2v) is 5.91. The monoisotopic (exact) mass is 305 g/mol. The Hall–Kier alpha value is -1.79. The van der Waals surface area contributed by atoms with Gasteiger partial charge in [-0.3, -0.25) is 4.99 Å². The summed E-state index contributed by atoms with van der Waals surface area (Å²) >= 11 is 0. The molecule has 1 aromatic carbocycles. The molecular formula is C16H23N3O3. The molecule has 22 heavy (non-hydrogen) atoms. The molecule has 0 spiro atoms. The number of fused-ring (bicyclic) bond motifs is 1. The van der Waals surface area contributed by atoms with Crippen molar-refractivity contribution in [1.29, 1.82) is 0 Å². The van der Waals surface area contributed by atoms with E-state index in [1.807, 2.05) is 24.3 Å². The molecule has 0 radical (unpaired) electrons. The highest BCUT2D eigenvalue weighted by molar-refractivity contribution is 5.78. The summed E-state index contributed by atoms with van der Waals surface area (Å²) < 4.78 is 10.9. The summed E-state index contributed by atoms with van der Waals surface area (Å²) in [5.74, 6) is 1.25. The first kappa shape index (κ1) is 15.1. The first-order chi connectivity index (χ1) is 10.7. The Morgan fingerprint density at radius 2 is 2.09 bits per heavy atom. The maximum Gasteiger partial charge on any atom is 0.189 e. The molecule has 3 rings (SSSR count). The van der Waals surface area contributed by atoms with Gasteiger partial charge in [0.15, 0.2) is 5.96 Å². The molecule has 0 saturated carbocycles. The molecule has 120 valence electrons. The van der Waals surface area contributed by atoms with Crippen molar-refractivity contribution in [2.75, 3.05) is 26.4 Å². The lowest BCUT2D eigenvalue weighted by Crippen LogP contribution is -2.42. The first-order valence-corrected chi connectivity index (χ1v) is 7.75. The van der Waals surface area contributed by atoms with Crippen LogP contribution in [0.5, 0.6) is 5.75 Å². The maximum absolute atomic E-state index is 10.4. The molecule has 2 heterocycles. The Morgan fingerprint density at radius 3 is 2.91 bits per heavy atom. The molecule has 1 saturated heterocycles. The van der Waals surface area contributed by atoms with E-state index in [2.05, 4.69) is 10.3 Å². The average Bonchev–Trinajstić information content (AvgIpc) is 2.54. The molecule has 0 aromatic heterocycles. The van der Waals surface area contributed by atoms with Gasteiger partial charge in [0.2, 0.25) is 0 Å². The zero-order chi connectivity index (χ0) is 15.4. The van der Waals surface area contributed by atoms with Gasteiger partial charge in [-0.15, -0.1) is 0 Å². The molecule has 1 unspecified atom stereocenters. The second kappa shape index (κ2) is 6.54. The van der Waals surface area contributed by atoms with Crippen molar-refractivity contribution in [3.63, 3.8) is 0 Å². The molecule has 6 nitrogen and oxygen atoms in total. The zero-order valence-electron chi connectivity index (χ0n) is 12.6. The predicted octanol–water partition coefficient (Wildman–Crippen LogP) is 0.956. The lowest BCUT2D eigenvalue weighted by atomic mass is 9.95. The van der Waals surface area contributed by atoms with Crippen LogP contribution in [0.15, 0.2) is 29.3 Å². The SMILES string of the molecule is NC(=NCC1(O)CCOCC1)NC1CCOc2ccccc21. The summed E-state index contributed by atoms with van der Waals surface area (Å²) in [6.07, 6.45) is 2.04. The number of guanidine groups is 1. The van der Waals surface area contributed by atoms with Gasteiger partial charge >= 0.3 is 0 Å². The summed E-state index contributed by atoms with van der Waals surface area (Å²) in [6.45, 7) is 2.11. The third-order valence-electron chi connectivity index (χ3n) is 4.25. The van der Waals surface area contributed by atoms with E-state index >= 15 is 0 Å². The largest absolute Gasteiger partial charge is 0.493 e. The van der Waals surface area contributed by atoms with E-state index in [1.165, 1.54) is 0 Å². The van der Waals surface area contributed by atoms with Crippen LogP contribution >= 0.6 is 0 Å². The number of ether oxygens (including phenoxy) is 2. The fourth-order valence-electron chi connectivity index (χ4n) is 2.86. The standard InChI is InChI=1S/C16H23N3O3/c17-15(18-11-16(20)6-9-21-10-7-16)19-13-5-8-22-14-4-2-1-3-12(13)14/h1-4,13,20H,5-11H2,(H3,17,18,19). The first-order valence-electron chi connectivity index (χ1n) is 7.75. The molecule has 0 amide bonds. The summed E-state index contributed by atoms with van der Waals surface area (Å²) in [7, 11) is 0. The van der Waals surface area contributed by atoms with Crippen LogP contribution in [0.3, 0.4) is 0 Å². The van der Waals surface area contributed by atoms with Gasteiger partial charge in [-0.2, -0.15) is 0 Å². The Kier molecular flexibility index (Phi) is 4.49. The molecule has 6 heteroatoms. The molecule has 1 fully saturated rings. The number of nitrogens with zero attached hydrogens (tertiary/aromatic N) is 1. The highest BCUT2D eigenvalue weighted by Crippen LogP contribution is 2.31. The minimum Gasteiger partial charge on any atom is -0.493 e. The topological polar surface area (TPSA) is 89.1 Å². The summed E-state index contributed by atoms with van der Waals surface area (Å²) in [6, 6.07) is 8.03. The maximum atomic E-state index is 10.4. The fourth-order valence-corrected chi connectivity index (χ4v) is 2.86. The average molecular weight is 305 g/mol. The highest BCUT2D eigenvalue weighted by Gasteiger charge is 2.29. The van der Waals surface area contributed by atoms with Crippen LogP contribution in [-0.2, 0) is 4.74 Å². The van der Waals surface area contributed by atoms with Crippen molar-refractivity contribution in [1.82, 2.24) is 5.32 Å². The van der Waals surface area contributed by atoms with Crippen LogP contribution < -0.4 is 15.8 Å². The van der Waals surface area contributed by atoms with Gasteiger partial charge in [-0.1, -0.05) is 18.2 Å². The Bertz CT molecular complexity index is 541. The van der Waals surface area contributed by atoms with E-state index in [9.17, 15) is 5.11 Å². The molecule has 4 N–H and O–H groups in total. The van der Waals surface area contributed by atoms with Crippen LogP contribution in [0.25, 0.3) is 0 Å². The van der Waals surface area contributed by atoms with E-state index in [0.29, 0.717) is 45.2 Å². The van der Waals surface area contributed by atoms with Gasteiger partial charge in [0, 0.05) is 38.0 Å². The van der Waals surface area contributed by atoms with Gasteiger partial charge in [-0.25, -0.2) is 0 Å². The van der Waals surface area contributed by atoms with Crippen LogP contribution in [0, 0.1) is 0 Å². The van der Waals surface area contributed by atoms with Crippen LogP contribution in [-0.4, -0.2) is 43.0 Å². The smallest absolute Gasteiger partial charge is 0.189 e. The van der Waals surface area contributed by atoms with Gasteiger partial charge in [0.1, 0.15) is 5.75 Å². The van der Waals surface area contributed by atoms with Gasteiger partial charge in [-0.05, 0) is 6.07 Å². The van der Waals surface area contributed by atoms with Crippen molar-refractivity contribution in [2.24, 2.45) is 10.7 Å². The number of para-hydroxylation sites is 1. The van der Waals surface area contributed by atoms with Crippen molar-refractivity contribution in [3.05, 3.63) is 29.8 Å². The lowest BCUT2D eigenvalue weighted by molar-refractivity contribution is -0.0565. The number of nitrogens with one attached hydrogen (secondary N) is 1. The normalized spacial score (nSPS) is 24.2. The number of rotatable bonds is 3. The minimum absolute atomic E-state index is 0.0954. The Morgan fingerprint density at radius 1 is 1.32 bits per heavy atom. The minimum atomic E-state index is -0.794. The van der Waals surface area contributed by atoms with Crippen molar-refractivity contribution >= 4 is 5.96 Å². The van der Waals surface area contributed by atoms with Gasteiger partial charge in [0.05, 0.1) is 24.8 Å². The summed E-state index contributed by atoms with van der Waals surface area (Å²) in [4.78, 5) is 4.32. The molecule has 2 aliphatic rings. The number of hydrogen-bond donors (Lipinski definition) is 3. The molecule has 2 aliphatic heterocycles. The molecule has 0 bridgehead atoms. The second-order valence-electron chi connectivity index (χ2n) is 5.91. The number of benzene rings is 1. The van der Waals surface area contributed by atoms with Gasteiger partial charge in [0.25, 0.3) is 0 Å². The van der Waals surface area contributed by atoms with E-state index in [4.69, 9.17) is 15.2 Å². The predicted molar refractivity (Wildman–Crippen MR) is 83.9 cm³/mol. The van der Waals surface area contributed by atoms with Crippen molar-refractivity contribution in [2.45, 2.75) is 30.9 Å². The molecule has 1 aromatic rings. The zero-order valence-corrected chi connectivity index (χ0v) is 12.6. The highest BCUT2D eigenvalue weighted by atomic mass is 16.5. The third-order valence-corrected chi connectivity index (χ3v) is 4.25. The Balaban J connectivity index is 1.62. The number of aliphatic imine (C=N–C) groups is 1. The van der Waals surface area contributed by atoms with Crippen LogP contribution in [0.1, 0.15) is 30.9 Å². The number of aliphatic hydroxyl groups is 1. The van der Waals surface area contributed by atoms with E-state index in [-0.39, 0.29) is 6.04 Å².